The minimum Gasteiger partial charge on any atom is -0.491 e. The molecule has 6 nitrogen and oxygen atoms in total. The number of urea groups is 1. The molecule has 0 radical (unpaired) electrons. The minimum atomic E-state index is -0.529. The molecule has 1 aromatic carbocycles. The molecule has 0 saturated heterocycles. The molecule has 1 rings (SSSR count). The van der Waals surface area contributed by atoms with Crippen LogP contribution in [0, 0.1) is 0 Å². The Hall–Kier alpha value is -1.95. The second-order valence-electron chi connectivity index (χ2n) is 3.77. The van der Waals surface area contributed by atoms with Crippen molar-refractivity contribution < 1.29 is 19.1 Å². The lowest BCUT2D eigenvalue weighted by Gasteiger charge is -2.11. The number of carbonyl (C=O) groups excluding carboxylic acids is 2. The van der Waals surface area contributed by atoms with Crippen molar-refractivity contribution in [3.8, 4) is 5.75 Å². The molecular weight excluding hydrogens is 284 g/mol. The molecule has 7 heteroatoms. The van der Waals surface area contributed by atoms with Crippen LogP contribution in [-0.2, 0) is 4.74 Å². The van der Waals surface area contributed by atoms with Crippen molar-refractivity contribution in [3.63, 3.8) is 0 Å². The molecule has 0 bridgehead atoms. The van der Waals surface area contributed by atoms with Crippen LogP contribution in [0.2, 0.25) is 5.02 Å². The molecule has 0 saturated carbocycles. The lowest BCUT2D eigenvalue weighted by molar-refractivity contribution is 0.0596. The van der Waals surface area contributed by atoms with Crippen molar-refractivity contribution in [2.75, 3.05) is 26.8 Å². The van der Waals surface area contributed by atoms with Gasteiger partial charge < -0.3 is 20.1 Å². The zero-order valence-corrected chi connectivity index (χ0v) is 12.1. The zero-order valence-electron chi connectivity index (χ0n) is 11.4. The topological polar surface area (TPSA) is 76.7 Å². The van der Waals surface area contributed by atoms with Gasteiger partial charge in [-0.2, -0.15) is 0 Å². The number of benzene rings is 1. The summed E-state index contributed by atoms with van der Waals surface area (Å²) in [5.74, 6) is -0.168. The number of halogens is 1. The predicted molar refractivity (Wildman–Crippen MR) is 75.4 cm³/mol. The van der Waals surface area contributed by atoms with Gasteiger partial charge in [-0.25, -0.2) is 9.59 Å². The Bertz CT molecular complexity index is 479. The molecular formula is C13H17ClN2O4. The van der Waals surface area contributed by atoms with E-state index in [9.17, 15) is 9.59 Å². The fourth-order valence-corrected chi connectivity index (χ4v) is 1.62. The molecule has 0 aliphatic rings. The predicted octanol–water partition coefficient (Wildman–Crippen LogP) is 1.82. The molecule has 2 amide bonds. The Labute approximate surface area is 122 Å². The number of ether oxygens (including phenoxy) is 2. The summed E-state index contributed by atoms with van der Waals surface area (Å²) in [4.78, 5) is 22.7. The maximum atomic E-state index is 11.6. The smallest absolute Gasteiger partial charge is 0.341 e. The molecule has 2 N–H and O–H groups in total. The Morgan fingerprint density at radius 2 is 2.05 bits per heavy atom. The van der Waals surface area contributed by atoms with E-state index in [1.807, 2.05) is 6.92 Å². The monoisotopic (exact) mass is 300 g/mol. The Morgan fingerprint density at radius 1 is 1.30 bits per heavy atom. The van der Waals surface area contributed by atoms with Crippen molar-refractivity contribution >= 4 is 23.6 Å². The van der Waals surface area contributed by atoms with E-state index >= 15 is 0 Å². The first-order valence-electron chi connectivity index (χ1n) is 6.10. The zero-order chi connectivity index (χ0) is 15.0. The second kappa shape index (κ2) is 8.27. The van der Waals surface area contributed by atoms with Gasteiger partial charge in [0.1, 0.15) is 17.9 Å². The first kappa shape index (κ1) is 16.1. The van der Waals surface area contributed by atoms with E-state index in [0.29, 0.717) is 23.9 Å². The van der Waals surface area contributed by atoms with Gasteiger partial charge in [-0.15, -0.1) is 0 Å². The van der Waals surface area contributed by atoms with Gasteiger partial charge in [-0.3, -0.25) is 0 Å². The quantitative estimate of drug-likeness (QED) is 0.621. The molecule has 0 aromatic heterocycles. The van der Waals surface area contributed by atoms with Crippen LogP contribution >= 0.6 is 11.6 Å². The van der Waals surface area contributed by atoms with Gasteiger partial charge in [0.15, 0.2) is 0 Å². The lowest BCUT2D eigenvalue weighted by atomic mass is 10.2. The largest absolute Gasteiger partial charge is 0.491 e. The number of hydrogen-bond donors (Lipinski definition) is 2. The number of hydrogen-bond acceptors (Lipinski definition) is 4. The summed E-state index contributed by atoms with van der Waals surface area (Å²) < 4.78 is 10.1. The maximum absolute atomic E-state index is 11.6. The summed E-state index contributed by atoms with van der Waals surface area (Å²) in [6, 6.07) is 4.40. The highest BCUT2D eigenvalue weighted by Gasteiger charge is 2.13. The molecule has 0 unspecified atom stereocenters. The molecule has 110 valence electrons. The van der Waals surface area contributed by atoms with Crippen molar-refractivity contribution in [2.24, 2.45) is 0 Å². The number of methoxy groups -OCH3 is 1. The van der Waals surface area contributed by atoms with E-state index in [4.69, 9.17) is 16.3 Å². The van der Waals surface area contributed by atoms with Gasteiger partial charge in [0, 0.05) is 11.6 Å². The third kappa shape index (κ3) is 4.97. The summed E-state index contributed by atoms with van der Waals surface area (Å²) >= 11 is 5.83. The molecule has 0 heterocycles. The highest BCUT2D eigenvalue weighted by molar-refractivity contribution is 6.31. The molecule has 0 spiro atoms. The van der Waals surface area contributed by atoms with E-state index in [2.05, 4.69) is 15.4 Å². The van der Waals surface area contributed by atoms with Crippen LogP contribution in [0.5, 0.6) is 5.75 Å². The van der Waals surface area contributed by atoms with E-state index < -0.39 is 5.97 Å². The van der Waals surface area contributed by atoms with Gasteiger partial charge in [-0.1, -0.05) is 11.6 Å². The molecule has 20 heavy (non-hydrogen) atoms. The third-order valence-electron chi connectivity index (χ3n) is 2.33. The summed E-state index contributed by atoms with van der Waals surface area (Å²) in [5.41, 5.74) is 0.248. The standard InChI is InChI=1S/C13H17ClN2O4/c1-3-15-13(18)16-6-7-20-11-5-4-9(14)8-10(11)12(17)19-2/h4-5,8H,3,6-7H2,1-2H3,(H2,15,16,18). The summed E-state index contributed by atoms with van der Waals surface area (Å²) in [5, 5.41) is 5.62. The Balaban J connectivity index is 2.55. The van der Waals surface area contributed by atoms with Crippen LogP contribution in [-0.4, -0.2) is 38.8 Å². The van der Waals surface area contributed by atoms with Gasteiger partial charge in [-0.05, 0) is 25.1 Å². The minimum absolute atomic E-state index is 0.225. The number of rotatable bonds is 6. The van der Waals surface area contributed by atoms with Crippen molar-refractivity contribution in [3.05, 3.63) is 28.8 Å². The van der Waals surface area contributed by atoms with Crippen LogP contribution in [0.3, 0.4) is 0 Å². The molecule has 1 aromatic rings. The van der Waals surface area contributed by atoms with Gasteiger partial charge in [0.05, 0.1) is 13.7 Å². The van der Waals surface area contributed by atoms with Crippen molar-refractivity contribution in [1.29, 1.82) is 0 Å². The number of carbonyl (C=O) groups is 2. The average Bonchev–Trinajstić information content (AvgIpc) is 2.44. The van der Waals surface area contributed by atoms with Crippen LogP contribution in [0.15, 0.2) is 18.2 Å². The van der Waals surface area contributed by atoms with Crippen LogP contribution in [0.25, 0.3) is 0 Å². The number of nitrogens with one attached hydrogen (secondary N) is 2. The van der Waals surface area contributed by atoms with Crippen LogP contribution in [0.1, 0.15) is 17.3 Å². The first-order valence-corrected chi connectivity index (χ1v) is 6.48. The normalized spacial score (nSPS) is 9.75. The maximum Gasteiger partial charge on any atom is 0.341 e. The SMILES string of the molecule is CCNC(=O)NCCOc1ccc(Cl)cc1C(=O)OC. The summed E-state index contributed by atoms with van der Waals surface area (Å²) in [7, 11) is 1.28. The van der Waals surface area contributed by atoms with E-state index in [0.717, 1.165) is 0 Å². The Kier molecular flexibility index (Phi) is 6.66. The van der Waals surface area contributed by atoms with E-state index in [1.165, 1.54) is 13.2 Å². The Morgan fingerprint density at radius 3 is 2.70 bits per heavy atom. The first-order chi connectivity index (χ1) is 9.58. The highest BCUT2D eigenvalue weighted by Crippen LogP contribution is 2.23. The molecule has 0 atom stereocenters. The molecule has 0 fully saturated rings. The second-order valence-corrected chi connectivity index (χ2v) is 4.20. The van der Waals surface area contributed by atoms with E-state index in [1.54, 1.807) is 12.1 Å². The van der Waals surface area contributed by atoms with Crippen LogP contribution < -0.4 is 15.4 Å². The average molecular weight is 301 g/mol. The van der Waals surface area contributed by atoms with Gasteiger partial charge >= 0.3 is 12.0 Å². The molecule has 0 aliphatic heterocycles. The van der Waals surface area contributed by atoms with E-state index in [-0.39, 0.29) is 18.2 Å². The highest BCUT2D eigenvalue weighted by atomic mass is 35.5. The van der Waals surface area contributed by atoms with Crippen molar-refractivity contribution in [1.82, 2.24) is 10.6 Å². The van der Waals surface area contributed by atoms with Gasteiger partial charge in [0.2, 0.25) is 0 Å². The summed E-state index contributed by atoms with van der Waals surface area (Å²) in [6.45, 7) is 2.92. The van der Waals surface area contributed by atoms with Crippen LogP contribution in [0.4, 0.5) is 4.79 Å². The fourth-order valence-electron chi connectivity index (χ4n) is 1.45. The third-order valence-corrected chi connectivity index (χ3v) is 2.56. The number of amides is 2. The lowest BCUT2D eigenvalue weighted by Crippen LogP contribution is -2.37. The van der Waals surface area contributed by atoms with Crippen molar-refractivity contribution in [2.45, 2.75) is 6.92 Å². The van der Waals surface area contributed by atoms with Gasteiger partial charge in [0.25, 0.3) is 0 Å². The number of esters is 1. The molecule has 0 aliphatic carbocycles. The summed E-state index contributed by atoms with van der Waals surface area (Å²) in [6.07, 6.45) is 0. The fraction of sp³-hybridized carbons (Fsp3) is 0.385.